The van der Waals surface area contributed by atoms with Crippen molar-refractivity contribution < 1.29 is 9.90 Å². The minimum atomic E-state index is -0.383. The van der Waals surface area contributed by atoms with Gasteiger partial charge in [-0.15, -0.1) is 0 Å². The molecule has 23 heavy (non-hydrogen) atoms. The third kappa shape index (κ3) is 4.39. The topological polar surface area (TPSA) is 84.2 Å². The molecule has 0 bridgehead atoms. The molecule has 0 aliphatic heterocycles. The fourth-order valence-electron chi connectivity index (χ4n) is 2.39. The van der Waals surface area contributed by atoms with E-state index in [4.69, 9.17) is 0 Å². The Kier molecular flexibility index (Phi) is 5.87. The van der Waals surface area contributed by atoms with Gasteiger partial charge in [0, 0.05) is 19.5 Å². The van der Waals surface area contributed by atoms with E-state index in [9.17, 15) is 14.7 Å². The third-order valence-corrected chi connectivity index (χ3v) is 3.91. The number of fused-ring (bicyclic) bond motifs is 1. The van der Waals surface area contributed by atoms with E-state index in [1.54, 1.807) is 6.07 Å². The number of carbonyl (C=O) groups excluding carboxylic acids is 1. The fourth-order valence-corrected chi connectivity index (χ4v) is 2.39. The molecule has 6 nitrogen and oxygen atoms in total. The van der Waals surface area contributed by atoms with Crippen molar-refractivity contribution in [1.29, 1.82) is 0 Å². The summed E-state index contributed by atoms with van der Waals surface area (Å²) >= 11 is 0. The van der Waals surface area contributed by atoms with Crippen LogP contribution in [0, 0.1) is 6.92 Å². The molecule has 124 valence electrons. The molecule has 0 fully saturated rings. The molecule has 0 spiro atoms. The zero-order chi connectivity index (χ0) is 16.8. The molecule has 0 saturated heterocycles. The van der Waals surface area contributed by atoms with E-state index in [1.165, 1.54) is 10.9 Å². The van der Waals surface area contributed by atoms with Crippen LogP contribution in [0.1, 0.15) is 31.7 Å². The molecule has 1 aromatic heterocycles. The Labute approximate surface area is 135 Å². The van der Waals surface area contributed by atoms with Crippen molar-refractivity contribution in [3.05, 3.63) is 40.4 Å². The van der Waals surface area contributed by atoms with Gasteiger partial charge in [0.1, 0.15) is 0 Å². The number of aliphatic hydroxyl groups is 1. The van der Waals surface area contributed by atoms with Gasteiger partial charge >= 0.3 is 0 Å². The van der Waals surface area contributed by atoms with Crippen LogP contribution in [0.2, 0.25) is 0 Å². The highest BCUT2D eigenvalue weighted by atomic mass is 16.3. The van der Waals surface area contributed by atoms with Gasteiger partial charge in [-0.3, -0.25) is 14.2 Å². The lowest BCUT2D eigenvalue weighted by molar-refractivity contribution is -0.121. The van der Waals surface area contributed by atoms with Crippen LogP contribution in [0.3, 0.4) is 0 Å². The van der Waals surface area contributed by atoms with Crippen LogP contribution in [0.5, 0.6) is 0 Å². The summed E-state index contributed by atoms with van der Waals surface area (Å²) in [7, 11) is 0. The van der Waals surface area contributed by atoms with Gasteiger partial charge in [-0.1, -0.05) is 19.1 Å². The van der Waals surface area contributed by atoms with Crippen molar-refractivity contribution in [3.8, 4) is 0 Å². The first-order valence-corrected chi connectivity index (χ1v) is 7.92. The lowest BCUT2D eigenvalue weighted by Gasteiger charge is -2.10. The molecular weight excluding hydrogens is 294 g/mol. The number of aryl methyl sites for hydroxylation is 2. The second-order valence-electron chi connectivity index (χ2n) is 5.66. The van der Waals surface area contributed by atoms with Crippen LogP contribution in [0.25, 0.3) is 10.9 Å². The summed E-state index contributed by atoms with van der Waals surface area (Å²) < 4.78 is 1.46. The van der Waals surface area contributed by atoms with E-state index in [0.29, 0.717) is 30.3 Å². The number of carbonyl (C=O) groups is 1. The smallest absolute Gasteiger partial charge is 0.261 e. The Hall–Kier alpha value is -2.21. The number of nitrogens with zero attached hydrogens (tertiary/aromatic N) is 2. The molecule has 2 rings (SSSR count). The number of aromatic nitrogens is 2. The van der Waals surface area contributed by atoms with Crippen molar-refractivity contribution in [2.24, 2.45) is 0 Å². The van der Waals surface area contributed by atoms with Crippen LogP contribution >= 0.6 is 0 Å². The van der Waals surface area contributed by atoms with Crippen LogP contribution < -0.4 is 10.9 Å². The third-order valence-electron chi connectivity index (χ3n) is 3.91. The standard InChI is InChI=1S/C17H23N3O3/c1-3-13(21)7-9-18-15(22)8-10-20-11-19-16-12(2)5-4-6-14(16)17(20)23/h4-6,11,13,21H,3,7-10H2,1-2H3,(H,18,22). The minimum Gasteiger partial charge on any atom is -0.393 e. The molecule has 0 saturated carbocycles. The van der Waals surface area contributed by atoms with Gasteiger partial charge in [-0.25, -0.2) is 4.98 Å². The summed E-state index contributed by atoms with van der Waals surface area (Å²) in [6, 6.07) is 5.49. The molecule has 1 aromatic carbocycles. The molecule has 1 unspecified atom stereocenters. The summed E-state index contributed by atoms with van der Waals surface area (Å²) in [5.74, 6) is -0.135. The van der Waals surface area contributed by atoms with E-state index in [1.807, 2.05) is 26.0 Å². The van der Waals surface area contributed by atoms with Crippen molar-refractivity contribution in [3.63, 3.8) is 0 Å². The zero-order valence-electron chi connectivity index (χ0n) is 13.6. The maximum Gasteiger partial charge on any atom is 0.261 e. The van der Waals surface area contributed by atoms with Crippen LogP contribution in [0.4, 0.5) is 0 Å². The Morgan fingerprint density at radius 1 is 1.43 bits per heavy atom. The Morgan fingerprint density at radius 2 is 2.22 bits per heavy atom. The molecule has 0 aliphatic carbocycles. The quantitative estimate of drug-likeness (QED) is 0.808. The van der Waals surface area contributed by atoms with Gasteiger partial charge in [0.2, 0.25) is 5.91 Å². The summed E-state index contributed by atoms with van der Waals surface area (Å²) in [6.07, 6.45) is 2.53. The number of hydrogen-bond acceptors (Lipinski definition) is 4. The van der Waals surface area contributed by atoms with Gasteiger partial charge in [0.15, 0.2) is 0 Å². The Morgan fingerprint density at radius 3 is 2.96 bits per heavy atom. The summed E-state index contributed by atoms with van der Waals surface area (Å²) in [4.78, 5) is 28.5. The summed E-state index contributed by atoms with van der Waals surface area (Å²) in [6.45, 7) is 4.54. The zero-order valence-corrected chi connectivity index (χ0v) is 13.6. The largest absolute Gasteiger partial charge is 0.393 e. The molecule has 0 aliphatic rings. The lowest BCUT2D eigenvalue weighted by Crippen LogP contribution is -2.29. The number of benzene rings is 1. The molecule has 1 amide bonds. The number of nitrogens with one attached hydrogen (secondary N) is 1. The van der Waals surface area contributed by atoms with Crippen molar-refractivity contribution in [2.75, 3.05) is 6.54 Å². The maximum absolute atomic E-state index is 12.4. The van der Waals surface area contributed by atoms with Crippen LogP contribution in [-0.2, 0) is 11.3 Å². The summed E-state index contributed by atoms with van der Waals surface area (Å²) in [5.41, 5.74) is 1.53. The molecule has 6 heteroatoms. The first-order valence-electron chi connectivity index (χ1n) is 7.92. The van der Waals surface area contributed by atoms with E-state index in [0.717, 1.165) is 5.56 Å². The lowest BCUT2D eigenvalue weighted by atomic mass is 10.1. The number of amides is 1. The number of aliphatic hydroxyl groups excluding tert-OH is 1. The highest BCUT2D eigenvalue weighted by Gasteiger charge is 2.08. The van der Waals surface area contributed by atoms with Crippen LogP contribution in [0.15, 0.2) is 29.3 Å². The van der Waals surface area contributed by atoms with Crippen LogP contribution in [-0.4, -0.2) is 33.2 Å². The summed E-state index contributed by atoms with van der Waals surface area (Å²) in [5, 5.41) is 12.8. The number of rotatable bonds is 7. The van der Waals surface area contributed by atoms with Crippen molar-refractivity contribution in [1.82, 2.24) is 14.9 Å². The Balaban J connectivity index is 1.96. The van der Waals surface area contributed by atoms with Gasteiger partial charge in [0.05, 0.1) is 23.3 Å². The predicted octanol–water partition coefficient (Wildman–Crippen LogP) is 1.37. The van der Waals surface area contributed by atoms with Crippen molar-refractivity contribution >= 4 is 16.8 Å². The molecule has 2 N–H and O–H groups in total. The van der Waals surface area contributed by atoms with E-state index in [2.05, 4.69) is 10.3 Å². The maximum atomic E-state index is 12.4. The molecule has 2 aromatic rings. The van der Waals surface area contributed by atoms with Gasteiger partial charge < -0.3 is 10.4 Å². The predicted molar refractivity (Wildman–Crippen MR) is 89.3 cm³/mol. The average molecular weight is 317 g/mol. The highest BCUT2D eigenvalue weighted by molar-refractivity contribution is 5.80. The second-order valence-corrected chi connectivity index (χ2v) is 5.66. The monoisotopic (exact) mass is 317 g/mol. The molecule has 1 heterocycles. The highest BCUT2D eigenvalue weighted by Crippen LogP contribution is 2.11. The first kappa shape index (κ1) is 17.1. The van der Waals surface area contributed by atoms with E-state index in [-0.39, 0.29) is 30.5 Å². The van der Waals surface area contributed by atoms with Gasteiger partial charge in [-0.05, 0) is 31.4 Å². The normalized spacial score (nSPS) is 12.3. The number of para-hydroxylation sites is 1. The van der Waals surface area contributed by atoms with E-state index >= 15 is 0 Å². The molecule has 1 atom stereocenters. The SMILES string of the molecule is CCC(O)CCNC(=O)CCn1cnc2c(C)cccc2c1=O. The molecular formula is C17H23N3O3. The first-order chi connectivity index (χ1) is 11.0. The van der Waals surface area contributed by atoms with E-state index < -0.39 is 0 Å². The molecule has 0 radical (unpaired) electrons. The fraction of sp³-hybridized carbons (Fsp3) is 0.471. The minimum absolute atomic E-state index is 0.132. The average Bonchev–Trinajstić information content (AvgIpc) is 2.54. The van der Waals surface area contributed by atoms with Crippen molar-refractivity contribution in [2.45, 2.75) is 45.8 Å². The Bertz CT molecular complexity index is 739. The van der Waals surface area contributed by atoms with Gasteiger partial charge in [-0.2, -0.15) is 0 Å². The second kappa shape index (κ2) is 7.87. The number of hydrogen-bond donors (Lipinski definition) is 2. The van der Waals surface area contributed by atoms with Gasteiger partial charge in [0.25, 0.3) is 5.56 Å².